The molecular formula is C26H18F5NO4S. The van der Waals surface area contributed by atoms with E-state index in [4.69, 9.17) is 4.74 Å². The number of alkyl halides is 3. The van der Waals surface area contributed by atoms with E-state index >= 15 is 0 Å². The minimum Gasteiger partial charge on any atom is -0.488 e. The molecule has 0 aliphatic heterocycles. The van der Waals surface area contributed by atoms with Crippen molar-refractivity contribution in [1.29, 1.82) is 5.26 Å². The van der Waals surface area contributed by atoms with E-state index < -0.39 is 50.6 Å². The van der Waals surface area contributed by atoms with E-state index in [9.17, 15) is 35.6 Å². The number of para-hydroxylation sites is 1. The molecule has 0 fully saturated rings. The van der Waals surface area contributed by atoms with Gasteiger partial charge in [0, 0.05) is 11.1 Å². The van der Waals surface area contributed by atoms with Gasteiger partial charge in [0.1, 0.15) is 5.75 Å². The molecule has 0 bridgehead atoms. The van der Waals surface area contributed by atoms with Crippen molar-refractivity contribution in [2.45, 2.75) is 19.0 Å². The number of hydrogen-bond donors (Lipinski definition) is 0. The molecule has 0 aliphatic carbocycles. The van der Waals surface area contributed by atoms with Crippen LogP contribution in [-0.2, 0) is 22.7 Å². The Morgan fingerprint density at radius 1 is 0.946 bits per heavy atom. The summed E-state index contributed by atoms with van der Waals surface area (Å²) in [5.41, 5.74) is -0.450. The van der Waals surface area contributed by atoms with Crippen molar-refractivity contribution >= 4 is 10.1 Å². The molecule has 11 heteroatoms. The first-order valence-electron chi connectivity index (χ1n) is 10.6. The van der Waals surface area contributed by atoms with Crippen LogP contribution in [0.25, 0.3) is 0 Å². The lowest BCUT2D eigenvalue weighted by Gasteiger charge is -2.11. The van der Waals surface area contributed by atoms with Crippen LogP contribution in [0.2, 0.25) is 0 Å². The molecule has 3 rings (SSSR count). The quantitative estimate of drug-likeness (QED) is 0.170. The van der Waals surface area contributed by atoms with Gasteiger partial charge in [-0.3, -0.25) is 0 Å². The number of rotatable bonds is 7. The normalized spacial score (nSPS) is 11.3. The molecule has 3 aromatic rings. The highest BCUT2D eigenvalue weighted by molar-refractivity contribution is 7.86. The highest BCUT2D eigenvalue weighted by atomic mass is 32.2. The predicted octanol–water partition coefficient (Wildman–Crippen LogP) is 5.61. The summed E-state index contributed by atoms with van der Waals surface area (Å²) in [5, 5.41) is 9.20. The number of ether oxygens (including phenoxy) is 1. The van der Waals surface area contributed by atoms with Gasteiger partial charge in [0.25, 0.3) is 0 Å². The fourth-order valence-electron chi connectivity index (χ4n) is 3.28. The zero-order valence-corrected chi connectivity index (χ0v) is 20.0. The minimum absolute atomic E-state index is 0.0679. The zero-order valence-electron chi connectivity index (χ0n) is 19.2. The summed E-state index contributed by atoms with van der Waals surface area (Å²) in [7, 11) is -4.04. The molecule has 0 aromatic heterocycles. The standard InChI is InChI=1S/C26H18F5NO4S/c1-37(33,34)36-21-12-11-19(22(15-21)26(29,30)31)10-9-18-8-7-17(16-32)14-20(18)4-3-13-35-25-23(27)5-2-6-24(25)28/h2,5-8,11-12,14-15H,3-4,13H2,1H3. The largest absolute Gasteiger partial charge is 0.488 e. The summed E-state index contributed by atoms with van der Waals surface area (Å²) in [6, 6.07) is 12.3. The van der Waals surface area contributed by atoms with Crippen LogP contribution in [0.5, 0.6) is 11.5 Å². The molecule has 0 aliphatic rings. The van der Waals surface area contributed by atoms with Gasteiger partial charge in [-0.25, -0.2) is 8.78 Å². The van der Waals surface area contributed by atoms with Gasteiger partial charge in [-0.15, -0.1) is 0 Å². The number of aryl methyl sites for hydroxylation is 1. The molecule has 0 radical (unpaired) electrons. The Labute approximate surface area is 210 Å². The molecule has 0 N–H and O–H groups in total. The van der Waals surface area contributed by atoms with Crippen molar-refractivity contribution in [3.8, 4) is 29.4 Å². The van der Waals surface area contributed by atoms with E-state index in [2.05, 4.69) is 16.0 Å². The Morgan fingerprint density at radius 2 is 1.59 bits per heavy atom. The van der Waals surface area contributed by atoms with Gasteiger partial charge >= 0.3 is 16.3 Å². The van der Waals surface area contributed by atoms with Crippen LogP contribution in [0.15, 0.2) is 54.6 Å². The second-order valence-corrected chi connectivity index (χ2v) is 9.30. The molecule has 0 amide bonds. The van der Waals surface area contributed by atoms with Crippen molar-refractivity contribution in [2.24, 2.45) is 0 Å². The van der Waals surface area contributed by atoms with Gasteiger partial charge in [-0.05, 0) is 66.9 Å². The zero-order chi connectivity index (χ0) is 27.2. The van der Waals surface area contributed by atoms with Crippen molar-refractivity contribution < 1.29 is 39.3 Å². The molecule has 0 spiro atoms. The second-order valence-electron chi connectivity index (χ2n) is 7.73. The van der Waals surface area contributed by atoms with Crippen LogP contribution >= 0.6 is 0 Å². The second kappa shape index (κ2) is 11.3. The summed E-state index contributed by atoms with van der Waals surface area (Å²) in [5.74, 6) is 2.37. The molecule has 5 nitrogen and oxygen atoms in total. The monoisotopic (exact) mass is 535 g/mol. The maximum absolute atomic E-state index is 13.7. The van der Waals surface area contributed by atoms with Crippen molar-refractivity contribution in [1.82, 2.24) is 0 Å². The average molecular weight is 535 g/mol. The average Bonchev–Trinajstić information content (AvgIpc) is 2.81. The van der Waals surface area contributed by atoms with Crippen LogP contribution in [0.1, 0.15) is 34.2 Å². The first-order valence-corrected chi connectivity index (χ1v) is 12.4. The summed E-state index contributed by atoms with van der Waals surface area (Å²) in [6.07, 6.45) is -3.61. The van der Waals surface area contributed by atoms with Crippen molar-refractivity contribution in [3.63, 3.8) is 0 Å². The van der Waals surface area contributed by atoms with Crippen molar-refractivity contribution in [2.75, 3.05) is 12.9 Å². The Hall–Kier alpha value is -4.09. The molecule has 37 heavy (non-hydrogen) atoms. The van der Waals surface area contributed by atoms with Crippen LogP contribution in [-0.4, -0.2) is 21.3 Å². The lowest BCUT2D eigenvalue weighted by atomic mass is 9.99. The lowest BCUT2D eigenvalue weighted by Crippen LogP contribution is -2.10. The summed E-state index contributed by atoms with van der Waals surface area (Å²) >= 11 is 0. The van der Waals surface area contributed by atoms with E-state index in [0.29, 0.717) is 29.0 Å². The molecule has 0 saturated heterocycles. The van der Waals surface area contributed by atoms with Crippen LogP contribution in [0.4, 0.5) is 22.0 Å². The van der Waals surface area contributed by atoms with E-state index in [-0.39, 0.29) is 19.4 Å². The molecule has 0 atom stereocenters. The Bertz CT molecular complexity index is 1500. The molecular weight excluding hydrogens is 517 g/mol. The summed E-state index contributed by atoms with van der Waals surface area (Å²) < 4.78 is 100. The molecule has 0 saturated carbocycles. The highest BCUT2D eigenvalue weighted by Crippen LogP contribution is 2.34. The Kier molecular flexibility index (Phi) is 8.41. The number of hydrogen-bond acceptors (Lipinski definition) is 5. The third-order valence-electron chi connectivity index (χ3n) is 4.87. The van der Waals surface area contributed by atoms with Crippen LogP contribution in [0, 0.1) is 34.8 Å². The fraction of sp³-hybridized carbons (Fsp3) is 0.192. The van der Waals surface area contributed by atoms with Gasteiger partial charge in [-0.1, -0.05) is 17.9 Å². The van der Waals surface area contributed by atoms with Crippen LogP contribution < -0.4 is 8.92 Å². The number of nitrogens with zero attached hydrogens (tertiary/aromatic N) is 1. The topological polar surface area (TPSA) is 76.4 Å². The molecule has 192 valence electrons. The number of halogens is 5. The smallest absolute Gasteiger partial charge is 0.417 e. The van der Waals surface area contributed by atoms with Gasteiger partial charge < -0.3 is 8.92 Å². The first kappa shape index (κ1) is 27.5. The van der Waals surface area contributed by atoms with Gasteiger partial charge in [0.2, 0.25) is 0 Å². The highest BCUT2D eigenvalue weighted by Gasteiger charge is 2.34. The SMILES string of the molecule is CS(=O)(=O)Oc1ccc(C#Cc2ccc(C#N)cc2CCCOc2c(F)cccc2F)c(C(F)(F)F)c1. The van der Waals surface area contributed by atoms with E-state index in [0.717, 1.165) is 24.3 Å². The maximum Gasteiger partial charge on any atom is 0.417 e. The third-order valence-corrected chi connectivity index (χ3v) is 5.36. The van der Waals surface area contributed by atoms with Gasteiger partial charge in [0.15, 0.2) is 17.4 Å². The fourth-order valence-corrected chi connectivity index (χ4v) is 3.73. The lowest BCUT2D eigenvalue weighted by molar-refractivity contribution is -0.137. The Balaban J connectivity index is 1.86. The first-order chi connectivity index (χ1) is 17.4. The molecule has 0 heterocycles. The molecule has 3 aromatic carbocycles. The maximum atomic E-state index is 13.7. The van der Waals surface area contributed by atoms with Gasteiger partial charge in [-0.2, -0.15) is 26.9 Å². The number of benzene rings is 3. The van der Waals surface area contributed by atoms with Crippen molar-refractivity contribution in [3.05, 3.63) is 94.0 Å². The van der Waals surface area contributed by atoms with E-state index in [1.54, 1.807) is 0 Å². The minimum atomic E-state index is -4.84. The van der Waals surface area contributed by atoms with Gasteiger partial charge in [0.05, 0.1) is 30.1 Å². The molecule has 0 unspecified atom stereocenters. The predicted molar refractivity (Wildman–Crippen MR) is 124 cm³/mol. The van der Waals surface area contributed by atoms with E-state index in [1.165, 1.54) is 24.3 Å². The van der Waals surface area contributed by atoms with E-state index in [1.807, 2.05) is 6.07 Å². The summed E-state index contributed by atoms with van der Waals surface area (Å²) in [4.78, 5) is 0. The summed E-state index contributed by atoms with van der Waals surface area (Å²) in [6.45, 7) is -0.0679. The third kappa shape index (κ3) is 7.69. The van der Waals surface area contributed by atoms with Crippen LogP contribution in [0.3, 0.4) is 0 Å². The Morgan fingerprint density at radius 3 is 2.22 bits per heavy atom. The number of nitriles is 1.